The summed E-state index contributed by atoms with van der Waals surface area (Å²) in [5, 5.41) is 8.91. The van der Waals surface area contributed by atoms with E-state index in [-0.39, 0.29) is 5.82 Å². The number of aliphatic hydroxyl groups excluding tert-OH is 1. The Balaban J connectivity index is 2.62. The van der Waals surface area contributed by atoms with Gasteiger partial charge in [-0.15, -0.1) is 0 Å². The molecule has 1 aromatic carbocycles. The topological polar surface area (TPSA) is 20.2 Å². The van der Waals surface area contributed by atoms with E-state index in [2.05, 4.69) is 11.8 Å². The lowest BCUT2D eigenvalue weighted by Crippen LogP contribution is -1.95. The summed E-state index contributed by atoms with van der Waals surface area (Å²) in [4.78, 5) is 0. The minimum Gasteiger partial charge on any atom is -0.392 e. The molecule has 0 amide bonds. The van der Waals surface area contributed by atoms with Crippen LogP contribution < -0.4 is 0 Å². The van der Waals surface area contributed by atoms with Gasteiger partial charge in [0, 0.05) is 12.0 Å². The van der Waals surface area contributed by atoms with E-state index in [4.69, 9.17) is 5.11 Å². The van der Waals surface area contributed by atoms with Crippen molar-refractivity contribution >= 4 is 0 Å². The van der Waals surface area contributed by atoms with Crippen LogP contribution in [0.1, 0.15) is 18.9 Å². The molecule has 0 aromatic heterocycles. The first-order valence-electron chi connectivity index (χ1n) is 4.11. The molecule has 1 rings (SSSR count). The van der Waals surface area contributed by atoms with Crippen LogP contribution in [0.3, 0.4) is 0 Å². The summed E-state index contributed by atoms with van der Waals surface area (Å²) in [6.45, 7) is 1.68. The molecule has 2 heteroatoms. The molecular weight excluding hydrogens is 167 g/mol. The number of hydrogen-bond acceptors (Lipinski definition) is 1. The van der Waals surface area contributed by atoms with E-state index in [1.165, 1.54) is 12.1 Å². The van der Waals surface area contributed by atoms with E-state index in [1.807, 2.05) is 0 Å². The van der Waals surface area contributed by atoms with Gasteiger partial charge in [0.1, 0.15) is 5.82 Å². The second-order valence-corrected chi connectivity index (χ2v) is 2.86. The van der Waals surface area contributed by atoms with Crippen LogP contribution in [0.15, 0.2) is 24.3 Å². The quantitative estimate of drug-likeness (QED) is 0.652. The molecule has 0 spiro atoms. The van der Waals surface area contributed by atoms with Gasteiger partial charge >= 0.3 is 0 Å². The number of halogens is 1. The molecule has 0 fully saturated rings. The van der Waals surface area contributed by atoms with Gasteiger partial charge in [0.2, 0.25) is 0 Å². The Morgan fingerprint density at radius 2 is 2.00 bits per heavy atom. The van der Waals surface area contributed by atoms with Crippen LogP contribution in [0.25, 0.3) is 0 Å². The van der Waals surface area contributed by atoms with E-state index >= 15 is 0 Å². The molecule has 68 valence electrons. The van der Waals surface area contributed by atoms with Crippen LogP contribution in [0.4, 0.5) is 4.39 Å². The summed E-state index contributed by atoms with van der Waals surface area (Å²) in [7, 11) is 0. The summed E-state index contributed by atoms with van der Waals surface area (Å²) in [5.74, 6) is 5.36. The van der Waals surface area contributed by atoms with Gasteiger partial charge in [-0.2, -0.15) is 0 Å². The van der Waals surface area contributed by atoms with Crippen molar-refractivity contribution in [2.24, 2.45) is 0 Å². The Kier molecular flexibility index (Phi) is 3.48. The molecule has 0 saturated heterocycles. The van der Waals surface area contributed by atoms with Gasteiger partial charge in [-0.25, -0.2) is 4.39 Å². The van der Waals surface area contributed by atoms with E-state index in [9.17, 15) is 4.39 Å². The molecule has 1 unspecified atom stereocenters. The maximum atomic E-state index is 12.4. The molecule has 1 aromatic rings. The normalized spacial score (nSPS) is 11.6. The van der Waals surface area contributed by atoms with Gasteiger partial charge in [-0.1, -0.05) is 11.8 Å². The van der Waals surface area contributed by atoms with E-state index in [0.29, 0.717) is 6.42 Å². The number of rotatable bonds is 1. The smallest absolute Gasteiger partial charge is 0.123 e. The van der Waals surface area contributed by atoms with Crippen LogP contribution in [0.2, 0.25) is 0 Å². The van der Waals surface area contributed by atoms with Gasteiger partial charge in [-0.05, 0) is 31.2 Å². The highest BCUT2D eigenvalue weighted by Gasteiger charge is 1.90. The van der Waals surface area contributed by atoms with Crippen LogP contribution in [-0.2, 0) is 0 Å². The van der Waals surface area contributed by atoms with Crippen molar-refractivity contribution in [3.63, 3.8) is 0 Å². The number of benzene rings is 1. The summed E-state index contributed by atoms with van der Waals surface area (Å²) in [5.41, 5.74) is 0.766. The first kappa shape index (κ1) is 9.76. The second-order valence-electron chi connectivity index (χ2n) is 2.86. The molecule has 0 aliphatic rings. The molecule has 0 heterocycles. The van der Waals surface area contributed by atoms with Crippen molar-refractivity contribution in [1.82, 2.24) is 0 Å². The van der Waals surface area contributed by atoms with Crippen molar-refractivity contribution in [3.8, 4) is 11.8 Å². The first-order chi connectivity index (χ1) is 6.18. The number of aliphatic hydroxyl groups is 1. The van der Waals surface area contributed by atoms with Crippen molar-refractivity contribution in [3.05, 3.63) is 35.6 Å². The highest BCUT2D eigenvalue weighted by molar-refractivity contribution is 5.33. The van der Waals surface area contributed by atoms with Crippen molar-refractivity contribution in [2.45, 2.75) is 19.4 Å². The Labute approximate surface area is 77.2 Å². The number of hydrogen-bond donors (Lipinski definition) is 1. The highest BCUT2D eigenvalue weighted by Crippen LogP contribution is 2.00. The zero-order valence-corrected chi connectivity index (χ0v) is 7.42. The Morgan fingerprint density at radius 3 is 2.54 bits per heavy atom. The molecule has 0 radical (unpaired) electrons. The summed E-state index contributed by atoms with van der Waals surface area (Å²) >= 11 is 0. The molecule has 0 aliphatic heterocycles. The van der Waals surface area contributed by atoms with Crippen LogP contribution in [0.5, 0.6) is 0 Å². The second kappa shape index (κ2) is 4.64. The average Bonchev–Trinajstić information content (AvgIpc) is 2.08. The van der Waals surface area contributed by atoms with Crippen molar-refractivity contribution < 1.29 is 9.50 Å². The summed E-state index contributed by atoms with van der Waals surface area (Å²) in [6.07, 6.45) is 0.0325. The Hall–Kier alpha value is -1.33. The third kappa shape index (κ3) is 3.73. The minimum absolute atomic E-state index is 0.263. The average molecular weight is 178 g/mol. The van der Waals surface area contributed by atoms with E-state index < -0.39 is 6.10 Å². The molecule has 1 nitrogen and oxygen atoms in total. The van der Waals surface area contributed by atoms with E-state index in [0.717, 1.165) is 5.56 Å². The van der Waals surface area contributed by atoms with Crippen molar-refractivity contribution in [2.75, 3.05) is 0 Å². The SMILES string of the molecule is CC(O)CC#Cc1ccc(F)cc1. The summed E-state index contributed by atoms with van der Waals surface area (Å²) in [6, 6.07) is 5.97. The Bertz CT molecular complexity index is 316. The van der Waals surface area contributed by atoms with E-state index in [1.54, 1.807) is 19.1 Å². The standard InChI is InChI=1S/C11H11FO/c1-9(13)3-2-4-10-5-7-11(12)8-6-10/h5-9,13H,3H2,1H3. The van der Waals surface area contributed by atoms with Gasteiger partial charge in [0.15, 0.2) is 0 Å². The largest absolute Gasteiger partial charge is 0.392 e. The lowest BCUT2D eigenvalue weighted by atomic mass is 10.2. The Morgan fingerprint density at radius 1 is 1.38 bits per heavy atom. The zero-order chi connectivity index (χ0) is 9.68. The summed E-state index contributed by atoms with van der Waals surface area (Å²) < 4.78 is 12.4. The predicted octanol–water partition coefficient (Wildman–Crippen LogP) is 1.95. The predicted molar refractivity (Wildman–Crippen MR) is 49.6 cm³/mol. The zero-order valence-electron chi connectivity index (χ0n) is 7.42. The maximum Gasteiger partial charge on any atom is 0.123 e. The van der Waals surface area contributed by atoms with Crippen LogP contribution in [-0.4, -0.2) is 11.2 Å². The third-order valence-corrected chi connectivity index (χ3v) is 1.47. The van der Waals surface area contributed by atoms with Gasteiger partial charge < -0.3 is 5.11 Å². The molecular formula is C11H11FO. The molecule has 0 saturated carbocycles. The fourth-order valence-corrected chi connectivity index (χ4v) is 0.834. The van der Waals surface area contributed by atoms with Crippen molar-refractivity contribution in [1.29, 1.82) is 0 Å². The van der Waals surface area contributed by atoms with Crippen LogP contribution >= 0.6 is 0 Å². The molecule has 1 atom stereocenters. The lowest BCUT2D eigenvalue weighted by Gasteiger charge is -1.93. The molecule has 0 aliphatic carbocycles. The molecule has 13 heavy (non-hydrogen) atoms. The van der Waals surface area contributed by atoms with Gasteiger partial charge in [0.05, 0.1) is 6.10 Å². The first-order valence-corrected chi connectivity index (χ1v) is 4.11. The fourth-order valence-electron chi connectivity index (χ4n) is 0.834. The molecule has 0 bridgehead atoms. The van der Waals surface area contributed by atoms with Gasteiger partial charge in [-0.3, -0.25) is 0 Å². The monoisotopic (exact) mass is 178 g/mol. The van der Waals surface area contributed by atoms with Crippen LogP contribution in [0, 0.1) is 17.7 Å². The highest BCUT2D eigenvalue weighted by atomic mass is 19.1. The fraction of sp³-hybridized carbons (Fsp3) is 0.273. The van der Waals surface area contributed by atoms with Gasteiger partial charge in [0.25, 0.3) is 0 Å². The lowest BCUT2D eigenvalue weighted by molar-refractivity contribution is 0.201. The minimum atomic E-state index is -0.409. The third-order valence-electron chi connectivity index (χ3n) is 1.47. The molecule has 1 N–H and O–H groups in total. The maximum absolute atomic E-state index is 12.4.